The SMILES string of the molecule is COc1ccc(C)cc1NC(=O)Nc1ccc(-c2ccc(CN3CCOCC3)nc2)c2ccccc12.O=C(Nc1cccc(Cl)c1Cl)Nc1ccc(-c2ccc(CN3CCOCC3)nc2)c2ccccc12. The molecule has 2 aromatic heterocycles. The number of morpholine rings is 2. The molecule has 2 fully saturated rings. The van der Waals surface area contributed by atoms with Crippen LogP contribution in [0.15, 0.2) is 146 Å². The van der Waals surface area contributed by atoms with Gasteiger partial charge in [0.1, 0.15) is 5.75 Å². The summed E-state index contributed by atoms with van der Waals surface area (Å²) in [7, 11) is 1.59. The van der Waals surface area contributed by atoms with E-state index in [2.05, 4.69) is 61.4 Å². The lowest BCUT2D eigenvalue weighted by atomic mass is 9.98. The van der Waals surface area contributed by atoms with Crippen molar-refractivity contribution in [2.75, 3.05) is 81.0 Å². The van der Waals surface area contributed by atoms with Gasteiger partial charge in [0, 0.05) is 73.6 Å². The van der Waals surface area contributed by atoms with E-state index in [9.17, 15) is 9.59 Å². The van der Waals surface area contributed by atoms with E-state index in [1.54, 1.807) is 25.3 Å². The fourth-order valence-electron chi connectivity index (χ4n) is 8.72. The van der Waals surface area contributed by atoms with Crippen LogP contribution < -0.4 is 26.0 Å². The van der Waals surface area contributed by atoms with Crippen LogP contribution in [0.3, 0.4) is 0 Å². The number of halogens is 2. The van der Waals surface area contributed by atoms with Crippen LogP contribution in [0.5, 0.6) is 5.75 Å². The second kappa shape index (κ2) is 23.2. The van der Waals surface area contributed by atoms with Crippen LogP contribution in [-0.2, 0) is 22.6 Å². The number of rotatable bonds is 11. The molecule has 0 radical (unpaired) electrons. The molecule has 0 aliphatic carbocycles. The van der Waals surface area contributed by atoms with Gasteiger partial charge in [0.2, 0.25) is 0 Å². The highest BCUT2D eigenvalue weighted by Crippen LogP contribution is 2.36. The quantitative estimate of drug-likeness (QED) is 0.0996. The third-order valence-electron chi connectivity index (χ3n) is 12.4. The maximum atomic E-state index is 12.9. The number of amides is 4. The fraction of sp³-hybridized carbons (Fsp3) is 0.214. The van der Waals surface area contributed by atoms with Crippen LogP contribution in [-0.4, -0.2) is 91.5 Å². The molecule has 71 heavy (non-hydrogen) atoms. The number of carbonyl (C=O) groups excluding carboxylic acids is 2. The van der Waals surface area contributed by atoms with Crippen molar-refractivity contribution in [2.24, 2.45) is 0 Å². The molecule has 2 saturated heterocycles. The van der Waals surface area contributed by atoms with E-state index in [4.69, 9.17) is 47.4 Å². The summed E-state index contributed by atoms with van der Waals surface area (Å²) in [6.07, 6.45) is 3.85. The summed E-state index contributed by atoms with van der Waals surface area (Å²) in [5.74, 6) is 0.612. The minimum Gasteiger partial charge on any atom is -0.495 e. The minimum atomic E-state index is -0.402. The number of nitrogens with one attached hydrogen (secondary N) is 4. The standard InChI is InChI=1S/C29H30N4O3.C27H24Cl2N4O2/c1-20-7-12-28(35-2)27(17-20)32-29(34)31-26-11-10-23(24-5-3-4-6-25(24)26)21-8-9-22(30-18-21)19-33-13-15-36-16-14-33;28-23-6-3-7-25(26(23)29)32-27(34)31-24-11-10-20(21-4-1-2-5-22(21)24)18-8-9-19(30-16-18)17-33-12-14-35-15-13-33/h3-12,17-18H,13-16,19H2,1-2H3,(H2,31,32,34);1-11,16H,12-15,17H2,(H2,31,32,34). The number of aryl methyl sites for hydroxylation is 1. The topological polar surface area (TPSA) is 142 Å². The Balaban J connectivity index is 0.000000176. The monoisotopic (exact) mass is 988 g/mol. The third kappa shape index (κ3) is 12.3. The number of methoxy groups -OCH3 is 1. The van der Waals surface area contributed by atoms with E-state index in [1.165, 1.54) is 0 Å². The molecule has 2 aliphatic rings. The second-order valence-electron chi connectivity index (χ2n) is 17.2. The molecule has 0 atom stereocenters. The minimum absolute atomic E-state index is 0.300. The number of ether oxygens (including phenoxy) is 3. The normalized spacial score (nSPS) is 14.0. The predicted octanol–water partition coefficient (Wildman–Crippen LogP) is 12.4. The van der Waals surface area contributed by atoms with Crippen molar-refractivity contribution >= 4 is 79.6 Å². The van der Waals surface area contributed by atoms with Crippen molar-refractivity contribution in [3.05, 3.63) is 173 Å². The summed E-state index contributed by atoms with van der Waals surface area (Å²) in [6.45, 7) is 10.5. The number of fused-ring (bicyclic) bond motifs is 2. The second-order valence-corrected chi connectivity index (χ2v) is 18.0. The number of hydrogen-bond donors (Lipinski definition) is 4. The Kier molecular flexibility index (Phi) is 16.0. The highest BCUT2D eigenvalue weighted by atomic mass is 35.5. The number of benzene rings is 6. The molecule has 6 aromatic carbocycles. The Morgan fingerprint density at radius 3 is 1.51 bits per heavy atom. The van der Waals surface area contributed by atoms with E-state index >= 15 is 0 Å². The zero-order valence-electron chi connectivity index (χ0n) is 39.5. The van der Waals surface area contributed by atoms with Crippen molar-refractivity contribution in [1.82, 2.24) is 19.8 Å². The lowest BCUT2D eigenvalue weighted by Crippen LogP contribution is -2.35. The number of carbonyl (C=O) groups is 2. The lowest BCUT2D eigenvalue weighted by Gasteiger charge is -2.26. The van der Waals surface area contributed by atoms with Crippen molar-refractivity contribution in [2.45, 2.75) is 20.0 Å². The van der Waals surface area contributed by atoms with Crippen molar-refractivity contribution in [3.63, 3.8) is 0 Å². The van der Waals surface area contributed by atoms with E-state index in [0.717, 1.165) is 132 Å². The van der Waals surface area contributed by atoms with Gasteiger partial charge in [-0.05, 0) is 82.9 Å². The molecular formula is C56H54Cl2N8O5. The molecule has 10 rings (SSSR count). The maximum absolute atomic E-state index is 12.9. The van der Waals surface area contributed by atoms with E-state index < -0.39 is 6.03 Å². The van der Waals surface area contributed by atoms with Crippen LogP contribution in [0.25, 0.3) is 43.8 Å². The Morgan fingerprint density at radius 2 is 1.03 bits per heavy atom. The van der Waals surface area contributed by atoms with Gasteiger partial charge in [-0.3, -0.25) is 19.8 Å². The van der Waals surface area contributed by atoms with Gasteiger partial charge in [-0.15, -0.1) is 0 Å². The molecule has 4 N–H and O–H groups in total. The summed E-state index contributed by atoms with van der Waals surface area (Å²) in [5.41, 5.74) is 9.79. The Hall–Kier alpha value is -7.10. The fourth-order valence-corrected chi connectivity index (χ4v) is 9.07. The molecule has 4 heterocycles. The molecule has 0 spiro atoms. The van der Waals surface area contributed by atoms with Crippen molar-refractivity contribution in [1.29, 1.82) is 0 Å². The number of nitrogens with zero attached hydrogens (tertiary/aromatic N) is 4. The van der Waals surface area contributed by atoms with Crippen LogP contribution in [0, 0.1) is 6.92 Å². The highest BCUT2D eigenvalue weighted by Gasteiger charge is 2.17. The number of hydrogen-bond acceptors (Lipinski definition) is 9. The molecular weight excluding hydrogens is 936 g/mol. The summed E-state index contributed by atoms with van der Waals surface area (Å²) in [4.78, 5) is 39.7. The van der Waals surface area contributed by atoms with E-state index in [1.807, 2.05) is 104 Å². The first-order valence-corrected chi connectivity index (χ1v) is 24.2. The van der Waals surface area contributed by atoms with Gasteiger partial charge in [-0.1, -0.05) is 108 Å². The molecule has 13 nitrogen and oxygen atoms in total. The third-order valence-corrected chi connectivity index (χ3v) is 13.2. The number of aromatic nitrogens is 2. The van der Waals surface area contributed by atoms with Gasteiger partial charge in [-0.25, -0.2) is 9.59 Å². The summed E-state index contributed by atoms with van der Waals surface area (Å²) in [6, 6.07) is 42.3. The zero-order chi connectivity index (χ0) is 49.1. The Labute approximate surface area is 423 Å². The van der Waals surface area contributed by atoms with Gasteiger partial charge >= 0.3 is 12.1 Å². The number of anilines is 4. The average molecular weight is 990 g/mol. The highest BCUT2D eigenvalue weighted by molar-refractivity contribution is 6.44. The lowest BCUT2D eigenvalue weighted by molar-refractivity contribution is 0.0336. The van der Waals surface area contributed by atoms with Gasteiger partial charge in [0.05, 0.1) is 77.7 Å². The Bertz CT molecular complexity index is 3150. The molecule has 15 heteroatoms. The summed E-state index contributed by atoms with van der Waals surface area (Å²) in [5, 5.41) is 16.2. The van der Waals surface area contributed by atoms with Crippen LogP contribution in [0.1, 0.15) is 17.0 Å². The molecule has 0 bridgehead atoms. The first-order valence-electron chi connectivity index (χ1n) is 23.5. The summed E-state index contributed by atoms with van der Waals surface area (Å²) >= 11 is 12.3. The van der Waals surface area contributed by atoms with E-state index in [-0.39, 0.29) is 6.03 Å². The first-order chi connectivity index (χ1) is 34.7. The van der Waals surface area contributed by atoms with E-state index in [0.29, 0.717) is 32.9 Å². The molecule has 2 aliphatic heterocycles. The molecule has 0 saturated carbocycles. The van der Waals surface area contributed by atoms with Crippen LogP contribution >= 0.6 is 23.2 Å². The van der Waals surface area contributed by atoms with Gasteiger partial charge < -0.3 is 35.5 Å². The van der Waals surface area contributed by atoms with Crippen LogP contribution in [0.4, 0.5) is 32.3 Å². The summed E-state index contributed by atoms with van der Waals surface area (Å²) < 4.78 is 16.2. The van der Waals surface area contributed by atoms with Crippen molar-refractivity contribution < 1.29 is 23.8 Å². The largest absolute Gasteiger partial charge is 0.495 e. The number of urea groups is 2. The first kappa shape index (κ1) is 48.9. The maximum Gasteiger partial charge on any atom is 0.323 e. The van der Waals surface area contributed by atoms with Gasteiger partial charge in [0.25, 0.3) is 0 Å². The molecule has 0 unspecified atom stereocenters. The van der Waals surface area contributed by atoms with Crippen LogP contribution in [0.2, 0.25) is 10.0 Å². The van der Waals surface area contributed by atoms with Gasteiger partial charge in [0.15, 0.2) is 0 Å². The molecule has 362 valence electrons. The molecule has 8 aromatic rings. The average Bonchev–Trinajstić information content (AvgIpc) is 3.39. The van der Waals surface area contributed by atoms with Gasteiger partial charge in [-0.2, -0.15) is 0 Å². The molecule has 4 amide bonds. The zero-order valence-corrected chi connectivity index (χ0v) is 41.0. The number of pyridine rings is 2. The predicted molar refractivity (Wildman–Crippen MR) is 286 cm³/mol. The smallest absolute Gasteiger partial charge is 0.323 e. The van der Waals surface area contributed by atoms with Crippen molar-refractivity contribution in [3.8, 4) is 28.0 Å². The Morgan fingerprint density at radius 1 is 0.549 bits per heavy atom.